The lowest BCUT2D eigenvalue weighted by atomic mass is 10.2. The topological polar surface area (TPSA) is 90.0 Å². The number of hydrogen-bond donors (Lipinski definition) is 1. The highest BCUT2D eigenvalue weighted by Crippen LogP contribution is 2.14. The van der Waals surface area contributed by atoms with E-state index in [0.717, 1.165) is 18.5 Å². The first-order valence-electron chi connectivity index (χ1n) is 10.4. The van der Waals surface area contributed by atoms with Crippen LogP contribution >= 0.6 is 11.8 Å². The number of benzene rings is 1. The number of nitrogens with zero attached hydrogens (tertiary/aromatic N) is 3. The lowest BCUT2D eigenvalue weighted by Gasteiger charge is -2.27. The lowest BCUT2D eigenvalue weighted by Crippen LogP contribution is -2.49. The van der Waals surface area contributed by atoms with Gasteiger partial charge in [-0.25, -0.2) is 8.42 Å². The summed E-state index contributed by atoms with van der Waals surface area (Å²) in [5.41, 5.74) is 0.968. The molecule has 0 aliphatic carbocycles. The van der Waals surface area contributed by atoms with Crippen LogP contribution < -0.4 is 4.72 Å². The predicted molar refractivity (Wildman–Crippen MR) is 125 cm³/mol. The van der Waals surface area contributed by atoms with Crippen molar-refractivity contribution >= 4 is 33.6 Å². The molecular weight excluding hydrogens is 436 g/mol. The van der Waals surface area contributed by atoms with E-state index in [1.54, 1.807) is 59.9 Å². The molecule has 2 amide bonds. The van der Waals surface area contributed by atoms with Gasteiger partial charge in [-0.2, -0.15) is 16.5 Å². The smallest absolute Gasteiger partial charge is 0.241 e. The van der Waals surface area contributed by atoms with Gasteiger partial charge in [0.05, 0.1) is 11.4 Å². The standard InChI is InChI=1S/C21H34N4O4S2/c1-17-6-8-18(9-7-17)31(28,29)22-19(10-15-30-4)21(27)25-12-5-11-24(13-14-25)16-20(26)23(2)3/h6-9,19,22H,5,10-16H2,1-4H3. The van der Waals surface area contributed by atoms with Gasteiger partial charge >= 0.3 is 0 Å². The van der Waals surface area contributed by atoms with E-state index in [9.17, 15) is 18.0 Å². The minimum Gasteiger partial charge on any atom is -0.348 e. The van der Waals surface area contributed by atoms with Crippen LogP contribution in [-0.4, -0.2) is 99.8 Å². The Morgan fingerprint density at radius 3 is 2.42 bits per heavy atom. The fourth-order valence-corrected chi connectivity index (χ4v) is 5.04. The van der Waals surface area contributed by atoms with Gasteiger partial charge < -0.3 is 9.80 Å². The maximum absolute atomic E-state index is 13.3. The van der Waals surface area contributed by atoms with Gasteiger partial charge in [-0.1, -0.05) is 17.7 Å². The highest BCUT2D eigenvalue weighted by atomic mass is 32.2. The van der Waals surface area contributed by atoms with E-state index >= 15 is 0 Å². The zero-order valence-corrected chi connectivity index (χ0v) is 20.5. The van der Waals surface area contributed by atoms with E-state index in [4.69, 9.17) is 0 Å². The molecule has 1 aliphatic rings. The van der Waals surface area contributed by atoms with E-state index in [2.05, 4.69) is 4.72 Å². The Balaban J connectivity index is 2.08. The van der Waals surface area contributed by atoms with Crippen molar-refractivity contribution in [2.45, 2.75) is 30.7 Å². The Kier molecular flexibility index (Phi) is 9.80. The van der Waals surface area contributed by atoms with Crippen LogP contribution in [0.2, 0.25) is 0 Å². The Labute approximate surface area is 190 Å². The Hall–Kier alpha value is -1.62. The summed E-state index contributed by atoms with van der Waals surface area (Å²) in [6.45, 7) is 4.56. The van der Waals surface area contributed by atoms with E-state index in [1.165, 1.54) is 0 Å². The highest BCUT2D eigenvalue weighted by Gasteiger charge is 2.30. The van der Waals surface area contributed by atoms with Crippen LogP contribution in [0.3, 0.4) is 0 Å². The van der Waals surface area contributed by atoms with Crippen molar-refractivity contribution in [2.24, 2.45) is 0 Å². The summed E-state index contributed by atoms with van der Waals surface area (Å²) in [4.78, 5) is 30.7. The summed E-state index contributed by atoms with van der Waals surface area (Å²) in [7, 11) is -0.346. The third-order valence-corrected chi connectivity index (χ3v) is 7.43. The Morgan fingerprint density at radius 1 is 1.13 bits per heavy atom. The molecule has 1 aromatic rings. The molecule has 0 spiro atoms. The van der Waals surface area contributed by atoms with Crippen molar-refractivity contribution in [1.29, 1.82) is 0 Å². The number of nitrogens with one attached hydrogen (secondary N) is 1. The van der Waals surface area contributed by atoms with Gasteiger partial charge in [-0.15, -0.1) is 0 Å². The molecule has 1 aromatic carbocycles. The number of sulfonamides is 1. The van der Waals surface area contributed by atoms with E-state index in [-0.39, 0.29) is 16.7 Å². The number of carbonyl (C=O) groups is 2. The van der Waals surface area contributed by atoms with Crippen LogP contribution in [0.5, 0.6) is 0 Å². The van der Waals surface area contributed by atoms with Gasteiger partial charge in [0.2, 0.25) is 21.8 Å². The van der Waals surface area contributed by atoms with Crippen molar-refractivity contribution in [3.05, 3.63) is 29.8 Å². The summed E-state index contributed by atoms with van der Waals surface area (Å²) in [6, 6.07) is 5.78. The van der Waals surface area contributed by atoms with Crippen molar-refractivity contribution < 1.29 is 18.0 Å². The minimum absolute atomic E-state index is 0.0310. The second-order valence-corrected chi connectivity index (χ2v) is 10.7. The van der Waals surface area contributed by atoms with Gasteiger partial charge in [0.1, 0.15) is 6.04 Å². The SMILES string of the molecule is CSCCC(NS(=O)(=O)c1ccc(C)cc1)C(=O)N1CCCN(CC(=O)N(C)C)CC1. The second-order valence-electron chi connectivity index (χ2n) is 8.01. The van der Waals surface area contributed by atoms with E-state index in [0.29, 0.717) is 38.4 Å². The molecule has 1 N–H and O–H groups in total. The van der Waals surface area contributed by atoms with Crippen LogP contribution in [0.1, 0.15) is 18.4 Å². The molecule has 0 bridgehead atoms. The number of likely N-dealkylation sites (N-methyl/N-ethyl adjacent to an activating group) is 1. The van der Waals surface area contributed by atoms with Crippen molar-refractivity contribution in [1.82, 2.24) is 19.4 Å². The molecule has 174 valence electrons. The largest absolute Gasteiger partial charge is 0.348 e. The third-order valence-electron chi connectivity index (χ3n) is 5.30. The van der Waals surface area contributed by atoms with Crippen molar-refractivity contribution in [3.8, 4) is 0 Å². The first kappa shape index (κ1) is 25.6. The number of thioether (sulfide) groups is 1. The predicted octanol–water partition coefficient (Wildman–Crippen LogP) is 1.02. The molecule has 1 saturated heterocycles. The van der Waals surface area contributed by atoms with Crippen molar-refractivity contribution in [3.63, 3.8) is 0 Å². The third kappa shape index (κ3) is 7.78. The maximum atomic E-state index is 13.3. The molecule has 8 nitrogen and oxygen atoms in total. The summed E-state index contributed by atoms with van der Waals surface area (Å²) in [6.07, 6.45) is 3.10. The van der Waals surface area contributed by atoms with Gasteiger partial charge in [-0.05, 0) is 43.9 Å². The second kappa shape index (κ2) is 11.8. The summed E-state index contributed by atoms with van der Waals surface area (Å²) in [5, 5.41) is 0. The van der Waals surface area contributed by atoms with Crippen molar-refractivity contribution in [2.75, 3.05) is 58.8 Å². The molecule has 0 saturated carbocycles. The number of carbonyl (C=O) groups excluding carboxylic acids is 2. The average Bonchev–Trinajstić information content (AvgIpc) is 2.96. The average molecular weight is 471 g/mol. The van der Waals surface area contributed by atoms with E-state index < -0.39 is 16.1 Å². The van der Waals surface area contributed by atoms with Gasteiger partial charge in [-0.3, -0.25) is 14.5 Å². The molecule has 1 heterocycles. The van der Waals surface area contributed by atoms with Gasteiger partial charge in [0.15, 0.2) is 0 Å². The zero-order chi connectivity index (χ0) is 23.0. The fraction of sp³-hybridized carbons (Fsp3) is 0.619. The number of hydrogen-bond acceptors (Lipinski definition) is 6. The first-order chi connectivity index (χ1) is 14.6. The van der Waals surface area contributed by atoms with E-state index in [1.807, 2.05) is 18.1 Å². The van der Waals surface area contributed by atoms with Crippen LogP contribution in [0, 0.1) is 6.92 Å². The summed E-state index contributed by atoms with van der Waals surface area (Å²) >= 11 is 1.58. The molecule has 0 radical (unpaired) electrons. The summed E-state index contributed by atoms with van der Waals surface area (Å²) in [5.74, 6) is 0.499. The Morgan fingerprint density at radius 2 is 1.81 bits per heavy atom. The van der Waals surface area contributed by atoms with Crippen LogP contribution in [-0.2, 0) is 19.6 Å². The van der Waals surface area contributed by atoms with Crippen LogP contribution in [0.4, 0.5) is 0 Å². The lowest BCUT2D eigenvalue weighted by molar-refractivity contribution is -0.132. The zero-order valence-electron chi connectivity index (χ0n) is 18.8. The molecule has 31 heavy (non-hydrogen) atoms. The number of rotatable bonds is 9. The molecule has 1 unspecified atom stereocenters. The fourth-order valence-electron chi connectivity index (χ4n) is 3.34. The summed E-state index contributed by atoms with van der Waals surface area (Å²) < 4.78 is 28.4. The molecule has 10 heteroatoms. The van der Waals surface area contributed by atoms with Gasteiger partial charge in [0.25, 0.3) is 0 Å². The maximum Gasteiger partial charge on any atom is 0.241 e. The van der Waals surface area contributed by atoms with Crippen LogP contribution in [0.15, 0.2) is 29.2 Å². The normalized spacial score (nSPS) is 16.6. The Bertz CT molecular complexity index is 843. The quantitative estimate of drug-likeness (QED) is 0.580. The molecule has 2 rings (SSSR count). The molecule has 0 aromatic heterocycles. The molecular formula is C21H34N4O4S2. The first-order valence-corrected chi connectivity index (χ1v) is 13.3. The van der Waals surface area contributed by atoms with Crippen LogP contribution in [0.25, 0.3) is 0 Å². The molecule has 1 aliphatic heterocycles. The number of aryl methyl sites for hydroxylation is 1. The molecule has 1 atom stereocenters. The monoisotopic (exact) mass is 470 g/mol. The minimum atomic E-state index is -3.80. The number of amides is 2. The highest BCUT2D eigenvalue weighted by molar-refractivity contribution is 7.98. The molecule has 1 fully saturated rings. The van der Waals surface area contributed by atoms with Gasteiger partial charge in [0, 0.05) is 40.3 Å².